The van der Waals surface area contributed by atoms with E-state index in [-0.39, 0.29) is 0 Å². The summed E-state index contributed by atoms with van der Waals surface area (Å²) in [7, 11) is 0. The van der Waals surface area contributed by atoms with E-state index in [4.69, 9.17) is 0 Å². The van der Waals surface area contributed by atoms with Crippen LogP contribution in [0.2, 0.25) is 0 Å². The monoisotopic (exact) mass is 487 g/mol. The Morgan fingerprint density at radius 3 is 0.568 bits per heavy atom. The molecule has 174 valence electrons. The zero-order valence-electron chi connectivity index (χ0n) is 20.3. The predicted molar refractivity (Wildman–Crippen MR) is 160 cm³/mol. The van der Waals surface area contributed by atoms with Gasteiger partial charge in [-0.1, -0.05) is 0 Å². The first-order chi connectivity index (χ1) is 18.3. The Bertz CT molecular complexity index is 1600. The second-order valence-electron chi connectivity index (χ2n) is 10.8. The summed E-state index contributed by atoms with van der Waals surface area (Å²) in [6, 6.07) is 55.8. The molecule has 0 nitrogen and oxygen atoms in total. The molecule has 9 rings (SSSR count). The van der Waals surface area contributed by atoms with E-state index >= 15 is 0 Å². The molecule has 0 amide bonds. The molecule has 1 heteroatoms. The van der Waals surface area contributed by atoms with Crippen molar-refractivity contribution in [2.24, 2.45) is 0 Å². The van der Waals surface area contributed by atoms with Crippen molar-refractivity contribution in [1.82, 2.24) is 0 Å². The Hall–Kier alpha value is -4.25. The molecule has 3 aliphatic heterocycles. The summed E-state index contributed by atoms with van der Waals surface area (Å²) >= 11 is 0. The van der Waals surface area contributed by atoms with Gasteiger partial charge in [-0.2, -0.15) is 0 Å². The third kappa shape index (κ3) is 1.57. The molecular weight excluding hydrogens is 463 g/mol. The summed E-state index contributed by atoms with van der Waals surface area (Å²) in [5, 5.41) is 8.85. The summed E-state index contributed by atoms with van der Waals surface area (Å²) in [6.45, 7) is 0. The maximum absolute atomic E-state index is 4.33. The van der Waals surface area contributed by atoms with Crippen LogP contribution < -0.4 is 31.8 Å². The van der Waals surface area contributed by atoms with E-state index in [0.29, 0.717) is 0 Å². The first-order valence-electron chi connectivity index (χ1n) is 13.1. The van der Waals surface area contributed by atoms with E-state index in [1.165, 1.54) is 65.2 Å². The molecule has 0 bridgehead atoms. The van der Waals surface area contributed by atoms with Gasteiger partial charge >= 0.3 is 217 Å². The minimum atomic E-state index is -4.33. The number of fused-ring (bicyclic) bond motifs is 9. The fourth-order valence-electron chi connectivity index (χ4n) is 9.08. The van der Waals surface area contributed by atoms with Crippen LogP contribution >= 0.6 is 5.94 Å². The van der Waals surface area contributed by atoms with Gasteiger partial charge in [0.25, 0.3) is 0 Å². The molecule has 6 aromatic rings. The quantitative estimate of drug-likeness (QED) is 0.231. The number of benzene rings is 6. The number of hydrogen-bond acceptors (Lipinski definition) is 0. The second-order valence-corrected chi connectivity index (χ2v) is 17.0. The van der Waals surface area contributed by atoms with Crippen LogP contribution in [0, 0.1) is 0 Å². The van der Waals surface area contributed by atoms with Gasteiger partial charge in [0.2, 0.25) is 0 Å². The normalized spacial score (nSPS) is 18.8. The standard InChI is InChI=1S/C36H24P/c1-7-19-31-25(13-1)26-14-2-8-20-32(26)37(31,33-21-9-3-15-27(33)28-16-4-10-22-34(28)37)35-23-11-5-17-29(35)30-18-6-12-24-36(30)37/h1-24H/q-1. The average Bonchev–Trinajstić information content (AvgIpc) is 3.50. The molecule has 3 heterocycles. The zero-order valence-corrected chi connectivity index (χ0v) is 21.2. The van der Waals surface area contributed by atoms with Crippen LogP contribution in [0.15, 0.2) is 146 Å². The first kappa shape index (κ1) is 19.9. The van der Waals surface area contributed by atoms with Gasteiger partial charge in [-0.3, -0.25) is 0 Å². The maximum atomic E-state index is 2.46. The van der Waals surface area contributed by atoms with Crippen LogP contribution in [-0.4, -0.2) is 0 Å². The van der Waals surface area contributed by atoms with E-state index in [2.05, 4.69) is 146 Å². The SMILES string of the molecule is c1ccc2c(c1)-c1ccccc1[P-]213(c2ccccc2-c2ccccc21)c1ccccc1-c1ccccc13. The number of rotatable bonds is 0. The topological polar surface area (TPSA) is 0 Å². The Kier molecular flexibility index (Phi) is 3.22. The molecule has 0 aliphatic carbocycles. The van der Waals surface area contributed by atoms with Gasteiger partial charge in [0, 0.05) is 0 Å². The first-order valence-corrected chi connectivity index (χ1v) is 15.7. The summed E-state index contributed by atoms with van der Waals surface area (Å²) in [6.07, 6.45) is 0. The molecule has 0 N–H and O–H groups in total. The Labute approximate surface area is 216 Å². The van der Waals surface area contributed by atoms with Gasteiger partial charge < -0.3 is 0 Å². The molecule has 0 radical (unpaired) electrons. The van der Waals surface area contributed by atoms with E-state index < -0.39 is 5.94 Å². The average molecular weight is 488 g/mol. The van der Waals surface area contributed by atoms with Crippen molar-refractivity contribution in [3.8, 4) is 33.4 Å². The fourth-order valence-corrected chi connectivity index (χ4v) is 20.5. The molecule has 0 saturated carbocycles. The molecule has 0 unspecified atom stereocenters. The molecule has 0 aromatic heterocycles. The number of hydrogen-bond donors (Lipinski definition) is 0. The summed E-state index contributed by atoms with van der Waals surface area (Å²) in [5.74, 6) is -4.33. The van der Waals surface area contributed by atoms with Crippen molar-refractivity contribution in [2.45, 2.75) is 0 Å². The van der Waals surface area contributed by atoms with Crippen molar-refractivity contribution < 1.29 is 0 Å². The molecule has 1 spiro atoms. The molecule has 6 aromatic carbocycles. The molecule has 3 aliphatic rings. The van der Waals surface area contributed by atoms with Crippen molar-refractivity contribution in [3.63, 3.8) is 0 Å². The Balaban J connectivity index is 1.81. The van der Waals surface area contributed by atoms with Gasteiger partial charge in [-0.25, -0.2) is 0 Å². The molecule has 0 fully saturated rings. The van der Waals surface area contributed by atoms with E-state index in [1.54, 1.807) is 0 Å². The van der Waals surface area contributed by atoms with Crippen LogP contribution in [0.4, 0.5) is 0 Å². The summed E-state index contributed by atoms with van der Waals surface area (Å²) in [4.78, 5) is 0. The van der Waals surface area contributed by atoms with Crippen LogP contribution in [0.25, 0.3) is 33.4 Å². The minimum absolute atomic E-state index is 1.37. The molecular formula is C36H24P-. The van der Waals surface area contributed by atoms with Gasteiger partial charge in [0.15, 0.2) is 0 Å². The second kappa shape index (κ2) is 6.00. The van der Waals surface area contributed by atoms with Gasteiger partial charge in [0.05, 0.1) is 0 Å². The summed E-state index contributed by atoms with van der Waals surface area (Å²) < 4.78 is 0. The zero-order chi connectivity index (χ0) is 24.3. The van der Waals surface area contributed by atoms with Crippen molar-refractivity contribution >= 4 is 37.8 Å². The van der Waals surface area contributed by atoms with Crippen molar-refractivity contribution in [3.05, 3.63) is 146 Å². The third-order valence-corrected chi connectivity index (χ3v) is 19.5. The predicted octanol–water partition coefficient (Wildman–Crippen LogP) is 5.97. The van der Waals surface area contributed by atoms with Crippen LogP contribution in [-0.2, 0) is 0 Å². The van der Waals surface area contributed by atoms with E-state index in [0.717, 1.165) is 0 Å². The van der Waals surface area contributed by atoms with Crippen LogP contribution in [0.1, 0.15) is 0 Å². The van der Waals surface area contributed by atoms with Crippen molar-refractivity contribution in [2.75, 3.05) is 0 Å². The van der Waals surface area contributed by atoms with Crippen molar-refractivity contribution in [1.29, 1.82) is 0 Å². The molecule has 0 saturated heterocycles. The van der Waals surface area contributed by atoms with Gasteiger partial charge in [-0.15, -0.1) is 0 Å². The van der Waals surface area contributed by atoms with Crippen LogP contribution in [0.5, 0.6) is 0 Å². The van der Waals surface area contributed by atoms with Gasteiger partial charge in [-0.05, 0) is 0 Å². The Morgan fingerprint density at radius 1 is 0.216 bits per heavy atom. The molecule has 37 heavy (non-hydrogen) atoms. The van der Waals surface area contributed by atoms with E-state index in [1.807, 2.05) is 0 Å². The van der Waals surface area contributed by atoms with Crippen LogP contribution in [0.3, 0.4) is 0 Å². The molecule has 0 atom stereocenters. The third-order valence-electron chi connectivity index (χ3n) is 9.91. The van der Waals surface area contributed by atoms with Gasteiger partial charge in [0.1, 0.15) is 0 Å². The summed E-state index contributed by atoms with van der Waals surface area (Å²) in [5.41, 5.74) is 8.20. The van der Waals surface area contributed by atoms with E-state index in [9.17, 15) is 0 Å². The fraction of sp³-hybridized carbons (Fsp3) is 0. The Morgan fingerprint density at radius 2 is 0.378 bits per heavy atom.